The summed E-state index contributed by atoms with van der Waals surface area (Å²) in [5.74, 6) is 0.727. The number of nitrogens with one attached hydrogen (secondary N) is 1. The molecule has 1 heterocycles. The van der Waals surface area contributed by atoms with Gasteiger partial charge in [-0.1, -0.05) is 11.6 Å². The number of carbonyl (C=O) groups is 1. The van der Waals surface area contributed by atoms with Gasteiger partial charge in [0.25, 0.3) is 0 Å². The summed E-state index contributed by atoms with van der Waals surface area (Å²) >= 11 is 5.89. The van der Waals surface area contributed by atoms with E-state index in [2.05, 4.69) is 5.32 Å². The molecule has 1 aromatic carbocycles. The van der Waals surface area contributed by atoms with E-state index < -0.39 is 0 Å². The van der Waals surface area contributed by atoms with Gasteiger partial charge in [0.05, 0.1) is 6.54 Å². The maximum atomic E-state index is 10.8. The van der Waals surface area contributed by atoms with Crippen LogP contribution in [0.4, 0.5) is 4.79 Å². The highest BCUT2D eigenvalue weighted by Crippen LogP contribution is 2.21. The zero-order valence-electron chi connectivity index (χ0n) is 8.83. The van der Waals surface area contributed by atoms with Crippen LogP contribution < -0.4 is 10.1 Å². The molecule has 2 rings (SSSR count). The van der Waals surface area contributed by atoms with Crippen molar-refractivity contribution in [3.8, 4) is 5.75 Å². The Hall–Kier alpha value is -1.42. The average molecular weight is 242 g/mol. The Morgan fingerprint density at radius 3 is 3.06 bits per heavy atom. The molecular weight excluding hydrogens is 230 g/mol. The van der Waals surface area contributed by atoms with Crippen LogP contribution in [0.15, 0.2) is 18.2 Å². The van der Waals surface area contributed by atoms with Crippen molar-refractivity contribution in [3.63, 3.8) is 0 Å². The number of hydrogen-bond donors (Lipinski definition) is 1. The van der Waals surface area contributed by atoms with Crippen LogP contribution in [-0.2, 0) is 4.74 Å². The maximum Gasteiger partial charge on any atom is 0.407 e. The van der Waals surface area contributed by atoms with Crippen LogP contribution in [0.2, 0.25) is 5.02 Å². The van der Waals surface area contributed by atoms with Crippen molar-refractivity contribution < 1.29 is 14.3 Å². The van der Waals surface area contributed by atoms with Crippen molar-refractivity contribution in [3.05, 3.63) is 28.8 Å². The molecular formula is C11H12ClNO3. The summed E-state index contributed by atoms with van der Waals surface area (Å²) in [6.07, 6.45) is -0.607. The molecule has 0 aromatic heterocycles. The highest BCUT2D eigenvalue weighted by Gasteiger charge is 2.22. The van der Waals surface area contributed by atoms with Gasteiger partial charge in [0.1, 0.15) is 12.4 Å². The van der Waals surface area contributed by atoms with Gasteiger partial charge in [-0.3, -0.25) is 0 Å². The number of carbonyl (C=O) groups excluding carboxylic acids is 1. The van der Waals surface area contributed by atoms with Gasteiger partial charge in [0.15, 0.2) is 6.10 Å². The van der Waals surface area contributed by atoms with E-state index in [0.717, 1.165) is 11.3 Å². The molecule has 4 nitrogen and oxygen atoms in total. The van der Waals surface area contributed by atoms with Crippen LogP contribution in [0, 0.1) is 6.92 Å². The standard InChI is InChI=1S/C11H12ClNO3/c1-7-4-8(2-3-10(7)12)15-6-9-5-13-11(14)16-9/h2-4,9H,5-6H2,1H3,(H,13,14). The lowest BCUT2D eigenvalue weighted by molar-refractivity contribution is 0.105. The second kappa shape index (κ2) is 4.61. The molecule has 1 aliphatic heterocycles. The number of aryl methyl sites for hydroxylation is 1. The molecule has 0 aliphatic carbocycles. The Morgan fingerprint density at radius 2 is 2.44 bits per heavy atom. The molecule has 1 atom stereocenters. The highest BCUT2D eigenvalue weighted by atomic mass is 35.5. The quantitative estimate of drug-likeness (QED) is 0.882. The topological polar surface area (TPSA) is 47.6 Å². The average Bonchev–Trinajstić information content (AvgIpc) is 2.66. The van der Waals surface area contributed by atoms with Gasteiger partial charge in [0, 0.05) is 5.02 Å². The number of benzene rings is 1. The van der Waals surface area contributed by atoms with E-state index in [9.17, 15) is 4.79 Å². The Labute approximate surface area is 98.5 Å². The summed E-state index contributed by atoms with van der Waals surface area (Å²) in [5.41, 5.74) is 0.959. The summed E-state index contributed by atoms with van der Waals surface area (Å²) in [7, 11) is 0. The van der Waals surface area contributed by atoms with E-state index in [0.29, 0.717) is 18.2 Å². The van der Waals surface area contributed by atoms with Gasteiger partial charge < -0.3 is 14.8 Å². The minimum absolute atomic E-state index is 0.219. The van der Waals surface area contributed by atoms with E-state index in [1.165, 1.54) is 0 Å². The summed E-state index contributed by atoms with van der Waals surface area (Å²) in [6.45, 7) is 2.75. The second-order valence-corrected chi connectivity index (χ2v) is 4.04. The molecule has 1 N–H and O–H groups in total. The van der Waals surface area contributed by atoms with Crippen molar-refractivity contribution in [1.82, 2.24) is 5.32 Å². The molecule has 1 amide bonds. The van der Waals surface area contributed by atoms with E-state index >= 15 is 0 Å². The number of cyclic esters (lactones) is 1. The van der Waals surface area contributed by atoms with Gasteiger partial charge in [-0.2, -0.15) is 0 Å². The van der Waals surface area contributed by atoms with Gasteiger partial charge in [-0.15, -0.1) is 0 Å². The van der Waals surface area contributed by atoms with Crippen LogP contribution in [-0.4, -0.2) is 25.3 Å². The van der Waals surface area contributed by atoms with Crippen LogP contribution >= 0.6 is 11.6 Å². The van der Waals surface area contributed by atoms with E-state index in [1.54, 1.807) is 12.1 Å². The van der Waals surface area contributed by atoms with Crippen molar-refractivity contribution >= 4 is 17.7 Å². The van der Waals surface area contributed by atoms with E-state index in [4.69, 9.17) is 21.1 Å². The Kier molecular flexibility index (Phi) is 3.19. The molecule has 1 fully saturated rings. The van der Waals surface area contributed by atoms with Crippen LogP contribution in [0.3, 0.4) is 0 Å². The Balaban J connectivity index is 1.89. The molecule has 0 radical (unpaired) electrons. The molecule has 5 heteroatoms. The number of hydrogen-bond acceptors (Lipinski definition) is 3. The van der Waals surface area contributed by atoms with Crippen LogP contribution in [0.5, 0.6) is 5.75 Å². The summed E-state index contributed by atoms with van der Waals surface area (Å²) in [4.78, 5) is 10.8. The third kappa shape index (κ3) is 2.58. The van der Waals surface area contributed by atoms with Gasteiger partial charge >= 0.3 is 6.09 Å². The molecule has 1 aliphatic rings. The Bertz CT molecular complexity index is 408. The van der Waals surface area contributed by atoms with Crippen molar-refractivity contribution in [2.24, 2.45) is 0 Å². The zero-order valence-corrected chi connectivity index (χ0v) is 9.58. The van der Waals surface area contributed by atoms with Crippen LogP contribution in [0.25, 0.3) is 0 Å². The van der Waals surface area contributed by atoms with Gasteiger partial charge in [-0.25, -0.2) is 4.79 Å². The van der Waals surface area contributed by atoms with Gasteiger partial charge in [0.2, 0.25) is 0 Å². The zero-order chi connectivity index (χ0) is 11.5. The number of amides is 1. The van der Waals surface area contributed by atoms with Gasteiger partial charge in [-0.05, 0) is 30.7 Å². The fourth-order valence-electron chi connectivity index (χ4n) is 1.42. The van der Waals surface area contributed by atoms with Crippen molar-refractivity contribution in [1.29, 1.82) is 0 Å². The lowest BCUT2D eigenvalue weighted by Gasteiger charge is -2.10. The van der Waals surface area contributed by atoms with E-state index in [1.807, 2.05) is 13.0 Å². The smallest absolute Gasteiger partial charge is 0.407 e. The molecule has 0 bridgehead atoms. The predicted molar refractivity (Wildman–Crippen MR) is 60.0 cm³/mol. The first-order chi connectivity index (χ1) is 7.65. The normalized spacial score (nSPS) is 19.1. The number of alkyl carbamates (subject to hydrolysis) is 1. The van der Waals surface area contributed by atoms with Crippen LogP contribution in [0.1, 0.15) is 5.56 Å². The largest absolute Gasteiger partial charge is 0.490 e. The SMILES string of the molecule is Cc1cc(OCC2CNC(=O)O2)ccc1Cl. The minimum Gasteiger partial charge on any atom is -0.490 e. The lowest BCUT2D eigenvalue weighted by atomic mass is 10.2. The first-order valence-electron chi connectivity index (χ1n) is 4.98. The summed E-state index contributed by atoms with van der Waals surface area (Å²) < 4.78 is 10.4. The molecule has 1 saturated heterocycles. The number of halogens is 1. The van der Waals surface area contributed by atoms with Crippen molar-refractivity contribution in [2.75, 3.05) is 13.2 Å². The third-order valence-electron chi connectivity index (χ3n) is 2.31. The summed E-state index contributed by atoms with van der Waals surface area (Å²) in [5, 5.41) is 3.27. The molecule has 0 spiro atoms. The lowest BCUT2D eigenvalue weighted by Crippen LogP contribution is -2.21. The fourth-order valence-corrected chi connectivity index (χ4v) is 1.54. The third-order valence-corrected chi connectivity index (χ3v) is 2.74. The molecule has 1 unspecified atom stereocenters. The second-order valence-electron chi connectivity index (χ2n) is 3.63. The fraction of sp³-hybridized carbons (Fsp3) is 0.364. The summed E-state index contributed by atoms with van der Waals surface area (Å²) in [6, 6.07) is 5.43. The minimum atomic E-state index is -0.388. The highest BCUT2D eigenvalue weighted by molar-refractivity contribution is 6.31. The molecule has 0 saturated carbocycles. The maximum absolute atomic E-state index is 10.8. The first kappa shape index (κ1) is 11.1. The molecule has 1 aromatic rings. The van der Waals surface area contributed by atoms with E-state index in [-0.39, 0.29) is 12.2 Å². The predicted octanol–water partition coefficient (Wildman–Crippen LogP) is 2.14. The monoisotopic (exact) mass is 241 g/mol. The first-order valence-corrected chi connectivity index (χ1v) is 5.36. The molecule has 86 valence electrons. The van der Waals surface area contributed by atoms with Crippen molar-refractivity contribution in [2.45, 2.75) is 13.0 Å². The number of ether oxygens (including phenoxy) is 2. The Morgan fingerprint density at radius 1 is 1.62 bits per heavy atom. The number of rotatable bonds is 3. The molecule has 16 heavy (non-hydrogen) atoms.